The lowest BCUT2D eigenvalue weighted by Gasteiger charge is -2.45. The lowest BCUT2D eigenvalue weighted by Crippen LogP contribution is -2.58. The highest BCUT2D eigenvalue weighted by Gasteiger charge is 2.50. The number of hydrogen-bond donors (Lipinski definition) is 1. The first-order valence-electron chi connectivity index (χ1n) is 11.1. The Bertz CT molecular complexity index is 602. The number of aliphatic hydroxyl groups excluding tert-OH is 1. The summed E-state index contributed by atoms with van der Waals surface area (Å²) in [6, 6.07) is -0.357. The minimum Gasteiger partial charge on any atom is -0.414 e. The number of rotatable bonds is 7. The molecule has 1 N–H and O–H groups in total. The minimum atomic E-state index is -2.22. The van der Waals surface area contributed by atoms with Crippen molar-refractivity contribution >= 4 is 22.6 Å². The normalized spacial score (nSPS) is 22.2. The van der Waals surface area contributed by atoms with Gasteiger partial charge in [-0.3, -0.25) is 4.79 Å². The van der Waals surface area contributed by atoms with E-state index in [1.165, 1.54) is 0 Å². The van der Waals surface area contributed by atoms with Crippen LogP contribution >= 0.6 is 0 Å². The molecule has 8 heteroatoms. The van der Waals surface area contributed by atoms with Gasteiger partial charge in [0.1, 0.15) is 6.10 Å². The van der Waals surface area contributed by atoms with E-state index in [-0.39, 0.29) is 35.1 Å². The van der Waals surface area contributed by atoms with Crippen LogP contribution in [-0.4, -0.2) is 63.2 Å². The summed E-state index contributed by atoms with van der Waals surface area (Å²) in [4.78, 5) is 17.8. The van der Waals surface area contributed by atoms with Crippen molar-refractivity contribution in [2.45, 2.75) is 129 Å². The van der Waals surface area contributed by atoms with Crippen molar-refractivity contribution in [2.24, 2.45) is 0 Å². The third-order valence-corrected chi connectivity index (χ3v) is 15.9. The standard InChI is InChI=1S/C22H47NO5Si2/c1-20(2,3)23-16(14-18(25)27-23)19(28-30(12,13)22(7,8)9)17(24)15-26-29(10,11)21(4,5)6/h16-17,19,24H,14-15H2,1-13H3/t16-,17-,19+/m1/s1. The molecule has 0 aromatic rings. The predicted molar refractivity (Wildman–Crippen MR) is 127 cm³/mol. The van der Waals surface area contributed by atoms with E-state index in [4.69, 9.17) is 13.7 Å². The lowest BCUT2D eigenvalue weighted by atomic mass is 9.99. The molecule has 6 nitrogen and oxygen atoms in total. The zero-order valence-corrected chi connectivity index (χ0v) is 23.7. The molecule has 0 aliphatic carbocycles. The predicted octanol–water partition coefficient (Wildman–Crippen LogP) is 5.09. The molecule has 1 aliphatic heterocycles. The van der Waals surface area contributed by atoms with Crippen LogP contribution in [0.1, 0.15) is 68.7 Å². The second-order valence-electron chi connectivity index (χ2n) is 12.7. The molecule has 30 heavy (non-hydrogen) atoms. The summed E-state index contributed by atoms with van der Waals surface area (Å²) in [7, 11) is -4.25. The molecule has 0 aromatic heterocycles. The first kappa shape index (κ1) is 27.8. The first-order chi connectivity index (χ1) is 13.1. The molecule has 1 rings (SSSR count). The molecule has 0 bridgehead atoms. The monoisotopic (exact) mass is 461 g/mol. The minimum absolute atomic E-state index is 0.0265. The highest BCUT2D eigenvalue weighted by molar-refractivity contribution is 6.74. The van der Waals surface area contributed by atoms with E-state index in [9.17, 15) is 9.90 Å². The Kier molecular flexibility index (Phi) is 8.28. The van der Waals surface area contributed by atoms with Crippen molar-refractivity contribution < 1.29 is 23.6 Å². The van der Waals surface area contributed by atoms with Crippen molar-refractivity contribution in [3.05, 3.63) is 0 Å². The molecule has 0 saturated carbocycles. The fourth-order valence-corrected chi connectivity index (χ4v) is 5.26. The largest absolute Gasteiger partial charge is 0.414 e. The van der Waals surface area contributed by atoms with Gasteiger partial charge >= 0.3 is 5.97 Å². The van der Waals surface area contributed by atoms with Gasteiger partial charge in [0.05, 0.1) is 25.2 Å². The summed E-state index contributed by atoms with van der Waals surface area (Å²) in [6.07, 6.45) is -1.22. The molecule has 1 saturated heterocycles. The summed E-state index contributed by atoms with van der Waals surface area (Å²) < 4.78 is 13.0. The van der Waals surface area contributed by atoms with Crippen LogP contribution in [0.15, 0.2) is 0 Å². The van der Waals surface area contributed by atoms with E-state index >= 15 is 0 Å². The Balaban J connectivity index is 3.22. The first-order valence-corrected chi connectivity index (χ1v) is 16.9. The molecule has 1 heterocycles. The second kappa shape index (κ2) is 8.94. The number of hydrogen-bond acceptors (Lipinski definition) is 6. The fraction of sp³-hybridized carbons (Fsp3) is 0.955. The van der Waals surface area contributed by atoms with Gasteiger partial charge in [0.15, 0.2) is 16.6 Å². The molecule has 0 aromatic carbocycles. The summed E-state index contributed by atoms with van der Waals surface area (Å²) >= 11 is 0. The molecule has 3 atom stereocenters. The Morgan fingerprint density at radius 1 is 1.00 bits per heavy atom. The Labute approximate surface area is 186 Å². The second-order valence-corrected chi connectivity index (χ2v) is 22.3. The third kappa shape index (κ3) is 6.62. The van der Waals surface area contributed by atoms with Gasteiger partial charge in [0, 0.05) is 5.54 Å². The molecule has 0 amide bonds. The van der Waals surface area contributed by atoms with Gasteiger partial charge in [-0.25, -0.2) is 0 Å². The molecular weight excluding hydrogens is 414 g/mol. The quantitative estimate of drug-likeness (QED) is 0.533. The van der Waals surface area contributed by atoms with Gasteiger partial charge < -0.3 is 18.8 Å². The molecule has 0 spiro atoms. The zero-order chi connectivity index (χ0) is 23.9. The summed E-state index contributed by atoms with van der Waals surface area (Å²) in [5, 5.41) is 13.0. The maximum Gasteiger partial charge on any atom is 0.326 e. The van der Waals surface area contributed by atoms with E-state index in [0.29, 0.717) is 0 Å². The third-order valence-electron chi connectivity index (χ3n) is 6.95. The number of carbonyl (C=O) groups excluding carboxylic acids is 1. The van der Waals surface area contributed by atoms with Gasteiger partial charge in [-0.2, -0.15) is 0 Å². The van der Waals surface area contributed by atoms with Gasteiger partial charge in [0.25, 0.3) is 0 Å². The number of carbonyl (C=O) groups is 1. The van der Waals surface area contributed by atoms with Crippen molar-refractivity contribution in [3.8, 4) is 0 Å². The molecule has 0 unspecified atom stereocenters. The van der Waals surface area contributed by atoms with E-state index in [0.717, 1.165) is 0 Å². The average molecular weight is 462 g/mol. The molecule has 0 radical (unpaired) electrons. The summed E-state index contributed by atoms with van der Waals surface area (Å²) in [5.41, 5.74) is -0.397. The van der Waals surface area contributed by atoms with Crippen molar-refractivity contribution in [1.82, 2.24) is 5.06 Å². The van der Waals surface area contributed by atoms with Crippen molar-refractivity contribution in [1.29, 1.82) is 0 Å². The van der Waals surface area contributed by atoms with Crippen molar-refractivity contribution in [3.63, 3.8) is 0 Å². The van der Waals surface area contributed by atoms with Crippen LogP contribution in [0.25, 0.3) is 0 Å². The van der Waals surface area contributed by atoms with Gasteiger partial charge in [-0.05, 0) is 57.0 Å². The average Bonchev–Trinajstić information content (AvgIpc) is 2.90. The van der Waals surface area contributed by atoms with Gasteiger partial charge in [-0.15, -0.1) is 5.06 Å². The summed E-state index contributed by atoms with van der Waals surface area (Å²) in [6.45, 7) is 27.9. The number of nitrogens with zero attached hydrogens (tertiary/aromatic N) is 1. The van der Waals surface area contributed by atoms with E-state index in [1.54, 1.807) is 5.06 Å². The Hall–Kier alpha value is -0.256. The zero-order valence-electron chi connectivity index (χ0n) is 21.7. The highest BCUT2D eigenvalue weighted by atomic mass is 28.4. The SMILES string of the molecule is CC(C)(C)N1OC(=O)C[C@@H]1[C@H](O[Si](C)(C)C(C)(C)C)[C@H](O)CO[Si](C)(C)C(C)(C)C. The molecule has 1 aliphatic rings. The maximum atomic E-state index is 12.2. The summed E-state index contributed by atoms with van der Waals surface area (Å²) in [5.74, 6) is -0.281. The maximum absolute atomic E-state index is 12.2. The van der Waals surface area contributed by atoms with Crippen LogP contribution in [-0.2, 0) is 18.5 Å². The van der Waals surface area contributed by atoms with E-state index in [1.807, 2.05) is 20.8 Å². The molecule has 178 valence electrons. The van der Waals surface area contributed by atoms with Crippen molar-refractivity contribution in [2.75, 3.05) is 6.61 Å². The smallest absolute Gasteiger partial charge is 0.326 e. The fourth-order valence-electron chi connectivity index (χ4n) is 2.89. The van der Waals surface area contributed by atoms with Crippen LogP contribution in [0.4, 0.5) is 0 Å². The Morgan fingerprint density at radius 3 is 1.87 bits per heavy atom. The van der Waals surface area contributed by atoms with Crippen LogP contribution < -0.4 is 0 Å². The number of aliphatic hydroxyl groups is 1. The van der Waals surface area contributed by atoms with Gasteiger partial charge in [0.2, 0.25) is 0 Å². The van der Waals surface area contributed by atoms with Crippen LogP contribution in [0.5, 0.6) is 0 Å². The van der Waals surface area contributed by atoms with Crippen LogP contribution in [0.3, 0.4) is 0 Å². The van der Waals surface area contributed by atoms with Gasteiger partial charge in [-0.1, -0.05) is 41.5 Å². The Morgan fingerprint density at radius 2 is 1.47 bits per heavy atom. The van der Waals surface area contributed by atoms with E-state index in [2.05, 4.69) is 67.7 Å². The van der Waals surface area contributed by atoms with Crippen LogP contribution in [0.2, 0.25) is 36.3 Å². The van der Waals surface area contributed by atoms with Crippen LogP contribution in [0, 0.1) is 0 Å². The lowest BCUT2D eigenvalue weighted by molar-refractivity contribution is -0.213. The number of hydroxylamine groups is 2. The molecule has 1 fully saturated rings. The highest BCUT2D eigenvalue weighted by Crippen LogP contribution is 2.41. The van der Waals surface area contributed by atoms with E-state index < -0.39 is 34.4 Å². The molecular formula is C22H47NO5Si2. The topological polar surface area (TPSA) is 68.2 Å².